The molecular formula is C16H27N3. The normalized spacial score (nSPS) is 18.3. The topological polar surface area (TPSA) is 18.5 Å². The number of nitrogens with zero attached hydrogens (tertiary/aromatic N) is 2. The minimum absolute atomic E-state index is 0.675. The van der Waals surface area contributed by atoms with E-state index in [1.165, 1.54) is 30.8 Å². The molecule has 1 aliphatic heterocycles. The van der Waals surface area contributed by atoms with E-state index in [9.17, 15) is 0 Å². The Hall–Kier alpha value is -1.06. The van der Waals surface area contributed by atoms with Gasteiger partial charge in [-0.25, -0.2) is 0 Å². The van der Waals surface area contributed by atoms with Crippen molar-refractivity contribution in [3.8, 4) is 0 Å². The molecule has 0 spiro atoms. The summed E-state index contributed by atoms with van der Waals surface area (Å²) in [4.78, 5) is 4.98. The van der Waals surface area contributed by atoms with Crippen molar-refractivity contribution in [2.24, 2.45) is 0 Å². The van der Waals surface area contributed by atoms with E-state index in [0.717, 1.165) is 19.6 Å². The van der Waals surface area contributed by atoms with Crippen molar-refractivity contribution in [1.29, 1.82) is 0 Å². The van der Waals surface area contributed by atoms with Crippen molar-refractivity contribution in [2.45, 2.75) is 26.3 Å². The van der Waals surface area contributed by atoms with Crippen molar-refractivity contribution in [3.63, 3.8) is 0 Å². The predicted molar refractivity (Wildman–Crippen MR) is 83.0 cm³/mol. The lowest BCUT2D eigenvalue weighted by atomic mass is 10.1. The molecule has 106 valence electrons. The van der Waals surface area contributed by atoms with E-state index in [2.05, 4.69) is 60.3 Å². The number of anilines is 1. The lowest BCUT2D eigenvalue weighted by molar-refractivity contribution is 0.178. The van der Waals surface area contributed by atoms with Crippen molar-refractivity contribution >= 4 is 5.69 Å². The summed E-state index contributed by atoms with van der Waals surface area (Å²) in [5.41, 5.74) is 2.72. The molecule has 1 N–H and O–H groups in total. The summed E-state index contributed by atoms with van der Waals surface area (Å²) in [6.07, 6.45) is 1.23. The van der Waals surface area contributed by atoms with Gasteiger partial charge in [-0.3, -0.25) is 4.90 Å². The second-order valence-electron chi connectivity index (χ2n) is 5.63. The van der Waals surface area contributed by atoms with E-state index in [4.69, 9.17) is 0 Å². The number of hydrogen-bond donors (Lipinski definition) is 1. The first-order chi connectivity index (χ1) is 9.18. The Kier molecular flexibility index (Phi) is 5.23. The molecule has 1 heterocycles. The van der Waals surface area contributed by atoms with Crippen molar-refractivity contribution < 1.29 is 0 Å². The number of benzene rings is 1. The van der Waals surface area contributed by atoms with E-state index >= 15 is 0 Å². The van der Waals surface area contributed by atoms with Crippen LogP contribution in [0.15, 0.2) is 24.3 Å². The van der Waals surface area contributed by atoms with Crippen molar-refractivity contribution in [2.75, 3.05) is 44.7 Å². The molecule has 0 radical (unpaired) electrons. The molecule has 0 amide bonds. The Morgan fingerprint density at radius 3 is 2.63 bits per heavy atom. The van der Waals surface area contributed by atoms with Crippen molar-refractivity contribution in [1.82, 2.24) is 10.2 Å². The molecule has 1 aromatic carbocycles. The number of rotatable bonds is 5. The van der Waals surface area contributed by atoms with Crippen LogP contribution in [0, 0.1) is 6.92 Å². The highest BCUT2D eigenvalue weighted by Gasteiger charge is 2.16. The average Bonchev–Trinajstić information content (AvgIpc) is 2.46. The van der Waals surface area contributed by atoms with E-state index < -0.39 is 0 Å². The van der Waals surface area contributed by atoms with Crippen molar-refractivity contribution in [3.05, 3.63) is 29.8 Å². The van der Waals surface area contributed by atoms with E-state index in [0.29, 0.717) is 6.04 Å². The Balaban J connectivity index is 1.82. The first-order valence-corrected chi connectivity index (χ1v) is 7.40. The zero-order valence-corrected chi connectivity index (χ0v) is 12.5. The Morgan fingerprint density at radius 2 is 1.95 bits per heavy atom. The van der Waals surface area contributed by atoms with E-state index in [-0.39, 0.29) is 0 Å². The first-order valence-electron chi connectivity index (χ1n) is 7.40. The van der Waals surface area contributed by atoms with Crippen LogP contribution < -0.4 is 10.2 Å². The van der Waals surface area contributed by atoms with Crippen LogP contribution in [0.4, 0.5) is 5.69 Å². The second-order valence-corrected chi connectivity index (χ2v) is 5.63. The highest BCUT2D eigenvalue weighted by molar-refractivity contribution is 5.52. The molecule has 0 bridgehead atoms. The van der Waals surface area contributed by atoms with Gasteiger partial charge in [0, 0.05) is 51.5 Å². The SMILES string of the molecule is Cc1ccccc1N(C)CCC(C)N1CCNCC1. The summed E-state index contributed by atoms with van der Waals surface area (Å²) in [6.45, 7) is 10.3. The van der Waals surface area contributed by atoms with Crippen LogP contribution in [0.1, 0.15) is 18.9 Å². The maximum atomic E-state index is 3.42. The molecule has 1 fully saturated rings. The lowest BCUT2D eigenvalue weighted by Crippen LogP contribution is -2.48. The summed E-state index contributed by atoms with van der Waals surface area (Å²) in [5, 5.41) is 3.42. The van der Waals surface area contributed by atoms with Crippen LogP contribution in [0.5, 0.6) is 0 Å². The van der Waals surface area contributed by atoms with Gasteiger partial charge in [0.2, 0.25) is 0 Å². The third-order valence-electron chi connectivity index (χ3n) is 4.18. The molecule has 0 aliphatic carbocycles. The largest absolute Gasteiger partial charge is 0.374 e. The third-order valence-corrected chi connectivity index (χ3v) is 4.18. The highest BCUT2D eigenvalue weighted by Crippen LogP contribution is 2.18. The summed E-state index contributed by atoms with van der Waals surface area (Å²) in [5.74, 6) is 0. The molecule has 1 saturated heterocycles. The summed E-state index contributed by atoms with van der Waals surface area (Å²) < 4.78 is 0. The number of para-hydroxylation sites is 1. The number of aryl methyl sites for hydroxylation is 1. The van der Waals surface area contributed by atoms with Gasteiger partial charge in [0.15, 0.2) is 0 Å². The van der Waals surface area contributed by atoms with Crippen LogP contribution in [0.2, 0.25) is 0 Å². The van der Waals surface area contributed by atoms with E-state index in [1.807, 2.05) is 0 Å². The van der Waals surface area contributed by atoms with Gasteiger partial charge in [0.25, 0.3) is 0 Å². The lowest BCUT2D eigenvalue weighted by Gasteiger charge is -2.34. The van der Waals surface area contributed by atoms with Gasteiger partial charge >= 0.3 is 0 Å². The maximum absolute atomic E-state index is 3.42. The van der Waals surface area contributed by atoms with E-state index in [1.54, 1.807) is 0 Å². The van der Waals surface area contributed by atoms with Gasteiger partial charge in [-0.1, -0.05) is 18.2 Å². The van der Waals surface area contributed by atoms with Gasteiger partial charge in [0.05, 0.1) is 0 Å². The molecule has 1 aromatic rings. The van der Waals surface area contributed by atoms with Gasteiger partial charge in [-0.15, -0.1) is 0 Å². The fourth-order valence-electron chi connectivity index (χ4n) is 2.80. The molecule has 1 unspecified atom stereocenters. The van der Waals surface area contributed by atoms with Gasteiger partial charge in [-0.05, 0) is 31.9 Å². The predicted octanol–water partition coefficient (Wildman–Crippen LogP) is 2.12. The number of nitrogens with one attached hydrogen (secondary N) is 1. The molecule has 0 saturated carbocycles. The van der Waals surface area contributed by atoms with Gasteiger partial charge in [0.1, 0.15) is 0 Å². The summed E-state index contributed by atoms with van der Waals surface area (Å²) >= 11 is 0. The zero-order chi connectivity index (χ0) is 13.7. The molecule has 2 rings (SSSR count). The molecule has 3 heteroatoms. The zero-order valence-electron chi connectivity index (χ0n) is 12.5. The fraction of sp³-hybridized carbons (Fsp3) is 0.625. The molecule has 19 heavy (non-hydrogen) atoms. The molecule has 3 nitrogen and oxygen atoms in total. The first kappa shape index (κ1) is 14.4. The van der Waals surface area contributed by atoms with Crippen LogP contribution in [-0.2, 0) is 0 Å². The minimum atomic E-state index is 0.675. The third kappa shape index (κ3) is 3.95. The standard InChI is InChI=1S/C16H27N3/c1-14-6-4-5-7-16(14)18(3)11-8-15(2)19-12-9-17-10-13-19/h4-7,15,17H,8-13H2,1-3H3. The van der Waals surface area contributed by atoms with Crippen LogP contribution in [-0.4, -0.2) is 50.7 Å². The monoisotopic (exact) mass is 261 g/mol. The average molecular weight is 261 g/mol. The van der Waals surface area contributed by atoms with Crippen LogP contribution in [0.25, 0.3) is 0 Å². The number of piperazine rings is 1. The van der Waals surface area contributed by atoms with Gasteiger partial charge < -0.3 is 10.2 Å². The molecular weight excluding hydrogens is 234 g/mol. The smallest absolute Gasteiger partial charge is 0.0393 e. The molecule has 1 aliphatic rings. The number of hydrogen-bond acceptors (Lipinski definition) is 3. The molecule has 1 atom stereocenters. The minimum Gasteiger partial charge on any atom is -0.374 e. The molecule has 0 aromatic heterocycles. The maximum Gasteiger partial charge on any atom is 0.0393 e. The van der Waals surface area contributed by atoms with Crippen LogP contribution in [0.3, 0.4) is 0 Å². The Bertz CT molecular complexity index is 385. The van der Waals surface area contributed by atoms with Crippen LogP contribution >= 0.6 is 0 Å². The summed E-state index contributed by atoms with van der Waals surface area (Å²) in [7, 11) is 2.20. The fourth-order valence-corrected chi connectivity index (χ4v) is 2.80. The Morgan fingerprint density at radius 1 is 1.26 bits per heavy atom. The Labute approximate surface area is 117 Å². The van der Waals surface area contributed by atoms with Gasteiger partial charge in [-0.2, -0.15) is 0 Å². The second kappa shape index (κ2) is 6.92. The quantitative estimate of drug-likeness (QED) is 0.876. The summed E-state index contributed by atoms with van der Waals surface area (Å²) in [6, 6.07) is 9.30. The highest BCUT2D eigenvalue weighted by atomic mass is 15.2.